The van der Waals surface area contributed by atoms with Crippen LogP contribution in [0.3, 0.4) is 0 Å². The third kappa shape index (κ3) is 4.59. The van der Waals surface area contributed by atoms with Crippen molar-refractivity contribution in [3.63, 3.8) is 0 Å². The van der Waals surface area contributed by atoms with Crippen LogP contribution >= 0.6 is 11.6 Å². The number of azo groups is 1. The Labute approximate surface area is 195 Å². The maximum atomic E-state index is 12.7. The summed E-state index contributed by atoms with van der Waals surface area (Å²) in [6.07, 6.45) is 0. The second-order valence-corrected chi connectivity index (χ2v) is 9.20. The molecule has 0 atom stereocenters. The normalized spacial score (nSPS) is 11.8. The van der Waals surface area contributed by atoms with E-state index < -0.39 is 15.9 Å². The molecule has 0 bridgehead atoms. The fourth-order valence-corrected chi connectivity index (χ4v) is 4.60. The summed E-state index contributed by atoms with van der Waals surface area (Å²) in [5.74, 6) is -0.843. The van der Waals surface area contributed by atoms with Crippen LogP contribution in [-0.2, 0) is 16.6 Å². The highest BCUT2D eigenvalue weighted by molar-refractivity contribution is 7.92. The minimum absolute atomic E-state index is 0.0384. The zero-order valence-electron chi connectivity index (χ0n) is 17.4. The van der Waals surface area contributed by atoms with E-state index >= 15 is 0 Å². The molecule has 0 saturated heterocycles. The predicted octanol–water partition coefficient (Wildman–Crippen LogP) is 5.75. The number of benzene rings is 3. The number of aromatic nitrogens is 1. The number of nitrogens with one attached hydrogen (secondary N) is 1. The summed E-state index contributed by atoms with van der Waals surface area (Å²) in [5, 5.41) is 19.3. The Morgan fingerprint density at radius 3 is 2.52 bits per heavy atom. The van der Waals surface area contributed by atoms with Gasteiger partial charge < -0.3 is 9.67 Å². The van der Waals surface area contributed by atoms with Crippen LogP contribution in [0.5, 0.6) is 5.88 Å². The highest BCUT2D eigenvalue weighted by atomic mass is 35.5. The number of halogens is 1. The van der Waals surface area contributed by atoms with Gasteiger partial charge >= 0.3 is 0 Å². The molecule has 0 fully saturated rings. The number of sulfonamides is 1. The molecule has 0 unspecified atom stereocenters. The van der Waals surface area contributed by atoms with Crippen molar-refractivity contribution in [2.75, 3.05) is 4.72 Å². The van der Waals surface area contributed by atoms with Crippen molar-refractivity contribution < 1.29 is 18.3 Å². The molecule has 8 nitrogen and oxygen atoms in total. The quantitative estimate of drug-likeness (QED) is 0.341. The lowest BCUT2D eigenvalue weighted by atomic mass is 10.2. The first-order valence-corrected chi connectivity index (χ1v) is 11.8. The number of aromatic hydroxyl groups is 1. The van der Waals surface area contributed by atoms with Crippen LogP contribution in [0.25, 0.3) is 10.9 Å². The van der Waals surface area contributed by atoms with Gasteiger partial charge in [-0.15, -0.1) is 10.2 Å². The molecular weight excluding hydrogens is 464 g/mol. The molecule has 0 spiro atoms. The molecule has 1 amide bonds. The summed E-state index contributed by atoms with van der Waals surface area (Å²) in [4.78, 5) is 12.5. The Morgan fingerprint density at radius 1 is 1.06 bits per heavy atom. The number of carbonyl (C=O) groups is 1. The minimum Gasteiger partial charge on any atom is -0.493 e. The fourth-order valence-electron chi connectivity index (χ4n) is 3.37. The van der Waals surface area contributed by atoms with E-state index in [2.05, 4.69) is 15.0 Å². The Morgan fingerprint density at radius 2 is 1.79 bits per heavy atom. The van der Waals surface area contributed by atoms with Crippen LogP contribution in [0.2, 0.25) is 5.02 Å². The van der Waals surface area contributed by atoms with Gasteiger partial charge in [-0.3, -0.25) is 9.52 Å². The summed E-state index contributed by atoms with van der Waals surface area (Å²) in [7, 11) is -3.95. The number of hydrogen-bond donors (Lipinski definition) is 2. The van der Waals surface area contributed by atoms with Crippen LogP contribution in [0, 0.1) is 0 Å². The maximum absolute atomic E-state index is 12.7. The van der Waals surface area contributed by atoms with Crippen LogP contribution in [-0.4, -0.2) is 24.0 Å². The first kappa shape index (κ1) is 22.5. The van der Waals surface area contributed by atoms with Gasteiger partial charge in [-0.05, 0) is 55.5 Å². The van der Waals surface area contributed by atoms with Gasteiger partial charge in [-0.2, -0.15) is 0 Å². The number of aryl methyl sites for hydroxylation is 1. The number of carbonyl (C=O) groups excluding carboxylic acids is 1. The molecule has 1 aromatic heterocycles. The van der Waals surface area contributed by atoms with Gasteiger partial charge in [-0.25, -0.2) is 8.42 Å². The Balaban J connectivity index is 1.61. The standard InChI is InChI=1S/C23H19ClN4O4S/c1-2-28-20-9-4-3-8-19(20)21(23(28)30)25-26-22(29)15-6-5-7-18(14-15)33(31,32)27-17-12-10-16(24)11-13-17/h3-14,27,30H,2H2,1H3. The van der Waals surface area contributed by atoms with Gasteiger partial charge in [0.05, 0.1) is 10.4 Å². The molecule has 0 aliphatic heterocycles. The van der Waals surface area contributed by atoms with Crippen LogP contribution in [0.4, 0.5) is 11.4 Å². The third-order valence-electron chi connectivity index (χ3n) is 4.96. The second kappa shape index (κ2) is 9.05. The fraction of sp³-hybridized carbons (Fsp3) is 0.0870. The predicted molar refractivity (Wildman–Crippen MR) is 127 cm³/mol. The van der Waals surface area contributed by atoms with E-state index in [0.717, 1.165) is 5.52 Å². The first-order valence-electron chi connectivity index (χ1n) is 9.95. The first-order chi connectivity index (χ1) is 15.8. The Kier molecular flexibility index (Phi) is 6.17. The zero-order valence-corrected chi connectivity index (χ0v) is 19.0. The van der Waals surface area contributed by atoms with Crippen molar-refractivity contribution in [3.05, 3.63) is 83.4 Å². The highest BCUT2D eigenvalue weighted by Gasteiger charge is 2.18. The number of rotatable bonds is 6. The molecule has 168 valence electrons. The SMILES string of the molecule is CCn1c(O)c(N=NC(=O)c2cccc(S(=O)(=O)Nc3ccc(Cl)cc3)c2)c2ccccc21. The molecule has 33 heavy (non-hydrogen) atoms. The number of nitrogens with zero attached hydrogens (tertiary/aromatic N) is 3. The third-order valence-corrected chi connectivity index (χ3v) is 6.59. The molecular formula is C23H19ClN4O4S. The number of para-hydroxylation sites is 1. The van der Waals surface area contributed by atoms with Crippen LogP contribution in [0.1, 0.15) is 17.3 Å². The van der Waals surface area contributed by atoms with E-state index in [0.29, 0.717) is 22.6 Å². The van der Waals surface area contributed by atoms with Gasteiger partial charge in [0.25, 0.3) is 15.9 Å². The lowest BCUT2D eigenvalue weighted by Crippen LogP contribution is -2.13. The van der Waals surface area contributed by atoms with Gasteiger partial charge in [0.15, 0.2) is 5.69 Å². The lowest BCUT2D eigenvalue weighted by Gasteiger charge is -2.08. The number of hydrogen-bond acceptors (Lipinski definition) is 5. The molecule has 4 aromatic rings. The molecule has 2 N–H and O–H groups in total. The van der Waals surface area contributed by atoms with E-state index in [1.165, 1.54) is 36.4 Å². The molecule has 10 heteroatoms. The molecule has 1 heterocycles. The van der Waals surface area contributed by atoms with Crippen molar-refractivity contribution in [1.82, 2.24) is 4.57 Å². The van der Waals surface area contributed by atoms with Gasteiger partial charge in [-0.1, -0.05) is 35.9 Å². The van der Waals surface area contributed by atoms with E-state index in [1.54, 1.807) is 28.8 Å². The molecule has 0 radical (unpaired) electrons. The summed E-state index contributed by atoms with van der Waals surface area (Å²) < 4.78 is 29.5. The number of amides is 1. The zero-order chi connectivity index (χ0) is 23.6. The number of anilines is 1. The maximum Gasteiger partial charge on any atom is 0.295 e. The Hall–Kier alpha value is -3.69. The van der Waals surface area contributed by atoms with E-state index in [4.69, 9.17) is 11.6 Å². The van der Waals surface area contributed by atoms with E-state index in [9.17, 15) is 18.3 Å². The van der Waals surface area contributed by atoms with Crippen LogP contribution < -0.4 is 4.72 Å². The number of fused-ring (bicyclic) bond motifs is 1. The van der Waals surface area contributed by atoms with Gasteiger partial charge in [0.2, 0.25) is 5.88 Å². The van der Waals surface area contributed by atoms with Crippen molar-refractivity contribution >= 4 is 49.8 Å². The van der Waals surface area contributed by atoms with Crippen molar-refractivity contribution in [2.24, 2.45) is 10.2 Å². The summed E-state index contributed by atoms with van der Waals surface area (Å²) in [6.45, 7) is 2.39. The smallest absolute Gasteiger partial charge is 0.295 e. The van der Waals surface area contributed by atoms with E-state index in [1.807, 2.05) is 19.1 Å². The van der Waals surface area contributed by atoms with Crippen molar-refractivity contribution in [3.8, 4) is 5.88 Å². The summed E-state index contributed by atoms with van der Waals surface area (Å²) >= 11 is 5.83. The highest BCUT2D eigenvalue weighted by Crippen LogP contribution is 2.38. The largest absolute Gasteiger partial charge is 0.493 e. The Bertz CT molecular complexity index is 1480. The van der Waals surface area contributed by atoms with Crippen LogP contribution in [0.15, 0.2) is 87.9 Å². The topological polar surface area (TPSA) is 113 Å². The monoisotopic (exact) mass is 482 g/mol. The van der Waals surface area contributed by atoms with E-state index in [-0.39, 0.29) is 22.0 Å². The second-order valence-electron chi connectivity index (χ2n) is 7.08. The molecule has 4 rings (SSSR count). The molecule has 0 aliphatic carbocycles. The minimum atomic E-state index is -3.95. The molecule has 0 aliphatic rings. The van der Waals surface area contributed by atoms with Gasteiger partial charge in [0.1, 0.15) is 0 Å². The lowest BCUT2D eigenvalue weighted by molar-refractivity contribution is 0.0995. The molecule has 3 aromatic carbocycles. The summed E-state index contributed by atoms with van der Waals surface area (Å²) in [6, 6.07) is 18.9. The van der Waals surface area contributed by atoms with Crippen molar-refractivity contribution in [2.45, 2.75) is 18.4 Å². The van der Waals surface area contributed by atoms with Crippen molar-refractivity contribution in [1.29, 1.82) is 0 Å². The molecule has 0 saturated carbocycles. The van der Waals surface area contributed by atoms with Gasteiger partial charge in [0, 0.05) is 28.2 Å². The average molecular weight is 483 g/mol. The summed E-state index contributed by atoms with van der Waals surface area (Å²) in [5.41, 5.74) is 1.31. The average Bonchev–Trinajstić information content (AvgIpc) is 3.09.